The van der Waals surface area contributed by atoms with Gasteiger partial charge in [0, 0.05) is 12.6 Å². The van der Waals surface area contributed by atoms with E-state index in [4.69, 9.17) is 10.5 Å². The first-order chi connectivity index (χ1) is 10.5. The van der Waals surface area contributed by atoms with Gasteiger partial charge in [-0.3, -0.25) is 0 Å². The highest BCUT2D eigenvalue weighted by Crippen LogP contribution is 2.13. The lowest BCUT2D eigenvalue weighted by molar-refractivity contribution is -0.154. The van der Waals surface area contributed by atoms with Crippen LogP contribution in [0.1, 0.15) is 38.4 Å². The van der Waals surface area contributed by atoms with Crippen LogP contribution in [0.25, 0.3) is 0 Å². The summed E-state index contributed by atoms with van der Waals surface area (Å²) in [5.41, 5.74) is 6.29. The Kier molecular flexibility index (Phi) is 8.74. The second kappa shape index (κ2) is 10.3. The Bertz CT molecular complexity index is 423. The average Bonchev–Trinajstić information content (AvgIpc) is 2.53. The van der Waals surface area contributed by atoms with Crippen LogP contribution in [0.5, 0.6) is 0 Å². The lowest BCUT2D eigenvalue weighted by Gasteiger charge is -2.21. The first-order valence-corrected chi connectivity index (χ1v) is 7.92. The van der Waals surface area contributed by atoms with Crippen LogP contribution in [0.4, 0.5) is 0 Å². The molecule has 1 rings (SSSR count). The van der Waals surface area contributed by atoms with Crippen molar-refractivity contribution in [3.05, 3.63) is 35.9 Å². The van der Waals surface area contributed by atoms with Gasteiger partial charge in [0.05, 0.1) is 0 Å². The Labute approximate surface area is 133 Å². The smallest absolute Gasteiger partial charge is 0.339 e. The van der Waals surface area contributed by atoms with Crippen LogP contribution in [0.3, 0.4) is 0 Å². The molecule has 1 aromatic carbocycles. The minimum atomic E-state index is -1.21. The van der Waals surface area contributed by atoms with Gasteiger partial charge in [-0.25, -0.2) is 4.79 Å². The first-order valence-electron chi connectivity index (χ1n) is 7.92. The van der Waals surface area contributed by atoms with Crippen molar-refractivity contribution in [1.29, 1.82) is 0 Å². The summed E-state index contributed by atoms with van der Waals surface area (Å²) in [5, 5.41) is 9.91. The number of hydrogen-bond acceptors (Lipinski definition) is 5. The van der Waals surface area contributed by atoms with Crippen LogP contribution >= 0.6 is 0 Å². The molecule has 3 N–H and O–H groups in total. The number of hydrogen-bond donors (Lipinski definition) is 2. The summed E-state index contributed by atoms with van der Waals surface area (Å²) >= 11 is 0. The van der Waals surface area contributed by atoms with Gasteiger partial charge in [-0.2, -0.15) is 0 Å². The maximum Gasteiger partial charge on any atom is 0.339 e. The Morgan fingerprint density at radius 3 is 2.59 bits per heavy atom. The average molecular weight is 308 g/mol. The largest absolute Gasteiger partial charge is 0.462 e. The van der Waals surface area contributed by atoms with Gasteiger partial charge >= 0.3 is 5.97 Å². The zero-order valence-electron chi connectivity index (χ0n) is 13.6. The minimum Gasteiger partial charge on any atom is -0.462 e. The summed E-state index contributed by atoms with van der Waals surface area (Å²) in [6.45, 7) is 6.88. The highest BCUT2D eigenvalue weighted by Gasteiger charge is 2.18. The number of carbonyl (C=O) groups excluding carboxylic acids is 1. The summed E-state index contributed by atoms with van der Waals surface area (Å²) in [5.74, 6) is -0.599. The third-order valence-electron chi connectivity index (χ3n) is 3.57. The normalized spacial score (nSPS) is 13.9. The fourth-order valence-corrected chi connectivity index (χ4v) is 2.19. The number of aliphatic hydroxyl groups excluding tert-OH is 1. The van der Waals surface area contributed by atoms with Crippen molar-refractivity contribution in [2.24, 2.45) is 5.73 Å². The molecule has 0 heterocycles. The molecule has 0 aliphatic rings. The maximum absolute atomic E-state index is 11.8. The number of aliphatic hydroxyl groups is 1. The van der Waals surface area contributed by atoms with Gasteiger partial charge in [0.2, 0.25) is 0 Å². The van der Waals surface area contributed by atoms with E-state index in [1.165, 1.54) is 0 Å². The van der Waals surface area contributed by atoms with Crippen LogP contribution in [-0.2, 0) is 9.53 Å². The molecule has 0 aliphatic heterocycles. The molecule has 0 aromatic heterocycles. The number of nitrogens with zero attached hydrogens (tertiary/aromatic N) is 1. The Balaban J connectivity index is 2.28. The molecule has 0 radical (unpaired) electrons. The number of carbonyl (C=O) groups is 1. The molecule has 0 saturated carbocycles. The molecule has 0 spiro atoms. The van der Waals surface area contributed by atoms with Crippen LogP contribution in [-0.4, -0.2) is 48.3 Å². The van der Waals surface area contributed by atoms with Crippen molar-refractivity contribution < 1.29 is 14.6 Å². The van der Waals surface area contributed by atoms with E-state index in [1.54, 1.807) is 24.3 Å². The first kappa shape index (κ1) is 18.6. The number of esters is 1. The van der Waals surface area contributed by atoms with Gasteiger partial charge in [-0.05, 0) is 38.4 Å². The molecule has 0 amide bonds. The van der Waals surface area contributed by atoms with Crippen LogP contribution < -0.4 is 5.73 Å². The highest BCUT2D eigenvalue weighted by molar-refractivity contribution is 5.76. The molecule has 0 fully saturated rings. The number of nitrogens with two attached hydrogens (primary N) is 1. The highest BCUT2D eigenvalue weighted by atomic mass is 16.5. The molecule has 0 saturated heterocycles. The van der Waals surface area contributed by atoms with Gasteiger partial charge in [-0.15, -0.1) is 0 Å². The van der Waals surface area contributed by atoms with Crippen LogP contribution in [0.2, 0.25) is 0 Å². The second-order valence-corrected chi connectivity index (χ2v) is 5.53. The Hall–Kier alpha value is -1.43. The van der Waals surface area contributed by atoms with Crippen molar-refractivity contribution in [2.75, 3.05) is 26.2 Å². The van der Waals surface area contributed by atoms with Gasteiger partial charge in [0.1, 0.15) is 6.61 Å². The van der Waals surface area contributed by atoms with E-state index in [0.29, 0.717) is 12.1 Å². The van der Waals surface area contributed by atoms with E-state index in [2.05, 4.69) is 11.8 Å². The van der Waals surface area contributed by atoms with Crippen LogP contribution in [0, 0.1) is 0 Å². The summed E-state index contributed by atoms with van der Waals surface area (Å²) in [7, 11) is 0. The van der Waals surface area contributed by atoms with E-state index < -0.39 is 12.1 Å². The molecule has 5 heteroatoms. The van der Waals surface area contributed by atoms with E-state index in [1.807, 2.05) is 13.0 Å². The molecular formula is C17H28N2O3. The minimum absolute atomic E-state index is 0.220. The van der Waals surface area contributed by atoms with Gasteiger partial charge < -0.3 is 20.5 Å². The molecule has 1 aromatic rings. The zero-order valence-corrected chi connectivity index (χ0v) is 13.6. The van der Waals surface area contributed by atoms with Crippen molar-refractivity contribution >= 4 is 5.97 Å². The zero-order chi connectivity index (χ0) is 16.4. The summed E-state index contributed by atoms with van der Waals surface area (Å²) < 4.78 is 5.16. The van der Waals surface area contributed by atoms with E-state index in [-0.39, 0.29) is 12.6 Å². The summed E-state index contributed by atoms with van der Waals surface area (Å²) in [6, 6.07) is 9.03. The SMILES string of the molecule is CCN(CCC[C@@H](C)N)CCOC(=O)[C@H](O)c1ccccc1. The third-order valence-corrected chi connectivity index (χ3v) is 3.57. The molecule has 124 valence electrons. The molecule has 2 atom stereocenters. The van der Waals surface area contributed by atoms with Crippen molar-refractivity contribution in [2.45, 2.75) is 38.8 Å². The van der Waals surface area contributed by atoms with E-state index in [0.717, 1.165) is 25.9 Å². The fourth-order valence-electron chi connectivity index (χ4n) is 2.19. The standard InChI is InChI=1S/C17H28N2O3/c1-3-19(11-7-8-14(2)18)12-13-22-17(21)16(20)15-9-5-4-6-10-15/h4-6,9-10,14,16,20H,3,7-8,11-13,18H2,1-2H3/t14-,16-/m1/s1. The van der Waals surface area contributed by atoms with Crippen molar-refractivity contribution in [1.82, 2.24) is 4.90 Å². The lowest BCUT2D eigenvalue weighted by atomic mass is 10.1. The third kappa shape index (κ3) is 7.02. The monoisotopic (exact) mass is 308 g/mol. The molecule has 5 nitrogen and oxygen atoms in total. The number of likely N-dealkylation sites (N-methyl/N-ethyl adjacent to an activating group) is 1. The summed E-state index contributed by atoms with van der Waals surface area (Å²) in [4.78, 5) is 14.0. The second-order valence-electron chi connectivity index (χ2n) is 5.53. The number of rotatable bonds is 10. The predicted molar refractivity (Wildman–Crippen MR) is 87.4 cm³/mol. The van der Waals surface area contributed by atoms with Crippen molar-refractivity contribution in [3.63, 3.8) is 0 Å². The summed E-state index contributed by atoms with van der Waals surface area (Å²) in [6.07, 6.45) is 0.809. The lowest BCUT2D eigenvalue weighted by Crippen LogP contribution is -2.30. The molecule has 0 aliphatic carbocycles. The fraction of sp³-hybridized carbons (Fsp3) is 0.588. The molecule has 0 unspecified atom stereocenters. The number of benzene rings is 1. The van der Waals surface area contributed by atoms with E-state index in [9.17, 15) is 9.90 Å². The Morgan fingerprint density at radius 1 is 1.32 bits per heavy atom. The topological polar surface area (TPSA) is 75.8 Å². The predicted octanol–water partition coefficient (Wildman–Crippen LogP) is 1.71. The van der Waals surface area contributed by atoms with Crippen LogP contribution in [0.15, 0.2) is 30.3 Å². The van der Waals surface area contributed by atoms with Crippen molar-refractivity contribution in [3.8, 4) is 0 Å². The maximum atomic E-state index is 11.8. The molecule has 0 bridgehead atoms. The number of ether oxygens (including phenoxy) is 1. The van der Waals surface area contributed by atoms with E-state index >= 15 is 0 Å². The molecule has 22 heavy (non-hydrogen) atoms. The van der Waals surface area contributed by atoms with Gasteiger partial charge in [0.25, 0.3) is 0 Å². The quantitative estimate of drug-likeness (QED) is 0.644. The van der Waals surface area contributed by atoms with Gasteiger partial charge in [-0.1, -0.05) is 37.3 Å². The molecular weight excluding hydrogens is 280 g/mol. The van der Waals surface area contributed by atoms with Gasteiger partial charge in [0.15, 0.2) is 6.10 Å². The Morgan fingerprint density at radius 2 is 2.00 bits per heavy atom.